The topological polar surface area (TPSA) is 47.6 Å². The number of carbonyl (C=O) groups excluding carboxylic acids is 1. The molecule has 1 amide bonds. The average molecular weight is 292 g/mol. The van der Waals surface area contributed by atoms with Crippen molar-refractivity contribution in [1.82, 2.24) is 5.32 Å². The van der Waals surface area contributed by atoms with Gasteiger partial charge in [0, 0.05) is 32.5 Å². The fourth-order valence-corrected chi connectivity index (χ4v) is 1.70. The van der Waals surface area contributed by atoms with E-state index in [1.54, 1.807) is 0 Å². The van der Waals surface area contributed by atoms with Crippen molar-refractivity contribution in [2.45, 2.75) is 43.9 Å². The van der Waals surface area contributed by atoms with E-state index in [1.807, 2.05) is 0 Å². The standard InChI is InChI=1S/C16H21NO3/c1-19-14-7-6-11(12-9-16(18)17-10-12)8-15(14)20-13-4-2-3-5-13/h6-8,12-13H,2-5,9-10H2,1H3,(H,17,18)/i1D3,2D2,3D2,4D2,5D2,6D,7D,8D,9D2,13D. The molecule has 1 aliphatic carbocycles. The molecular formula is C16H21NO3. The lowest BCUT2D eigenvalue weighted by Crippen LogP contribution is -2.14. The Kier molecular flexibility index (Phi) is 1.13. The number of ether oxygens (including phenoxy) is 2. The van der Waals surface area contributed by atoms with Crippen molar-refractivity contribution in [1.29, 1.82) is 0 Å². The number of carbonyl (C=O) groups is 1. The third kappa shape index (κ3) is 2.74. The van der Waals surface area contributed by atoms with E-state index in [4.69, 9.17) is 28.0 Å². The van der Waals surface area contributed by atoms with Crippen LogP contribution < -0.4 is 14.8 Å². The summed E-state index contributed by atoms with van der Waals surface area (Å²) >= 11 is 0. The van der Waals surface area contributed by atoms with Gasteiger partial charge in [0.1, 0.15) is 0 Å². The molecule has 1 unspecified atom stereocenters. The predicted octanol–water partition coefficient (Wildman–Crippen LogP) is 2.62. The Morgan fingerprint density at radius 2 is 2.30 bits per heavy atom. The smallest absolute Gasteiger partial charge is 0.220 e. The zero-order chi connectivity index (χ0) is 28.9. The minimum atomic E-state index is -3.87. The maximum atomic E-state index is 12.0. The van der Waals surface area contributed by atoms with Crippen molar-refractivity contribution in [3.05, 3.63) is 23.7 Å². The quantitative estimate of drug-likeness (QED) is 0.928. The lowest BCUT2D eigenvalue weighted by molar-refractivity contribution is -0.119. The summed E-state index contributed by atoms with van der Waals surface area (Å²) in [7, 11) is -3.39. The molecule has 1 aliphatic heterocycles. The fourth-order valence-electron chi connectivity index (χ4n) is 1.70. The average Bonchev–Trinajstić information content (AvgIpc) is 3.01. The van der Waals surface area contributed by atoms with Gasteiger partial charge in [-0.15, -0.1) is 0 Å². The zero-order valence-corrected chi connectivity index (χ0v) is 10.0. The third-order valence-electron chi connectivity index (χ3n) is 2.61. The molecule has 1 saturated carbocycles. The highest BCUT2D eigenvalue weighted by atomic mass is 16.5. The number of amides is 1. The molecule has 0 aromatic heterocycles. The van der Waals surface area contributed by atoms with Crippen LogP contribution in [0.5, 0.6) is 11.5 Å². The highest BCUT2D eigenvalue weighted by Crippen LogP contribution is 2.35. The number of nitrogens with one attached hydrogen (secondary N) is 1. The van der Waals surface area contributed by atoms with Gasteiger partial charge in [-0.1, -0.05) is 6.04 Å². The molecule has 1 heterocycles. The molecule has 0 bridgehead atoms. The van der Waals surface area contributed by atoms with Gasteiger partial charge in [0.25, 0.3) is 0 Å². The van der Waals surface area contributed by atoms with Crippen LogP contribution >= 0.6 is 0 Å². The molecule has 2 fully saturated rings. The highest BCUT2D eigenvalue weighted by molar-refractivity contribution is 5.79. The monoisotopic (exact) mass is 292 g/mol. The number of rotatable bonds is 4. The highest BCUT2D eigenvalue weighted by Gasteiger charge is 2.25. The van der Waals surface area contributed by atoms with Gasteiger partial charge in [-0.05, 0) is 43.1 Å². The van der Waals surface area contributed by atoms with E-state index in [0.717, 1.165) is 0 Å². The van der Waals surface area contributed by atoms with E-state index in [-0.39, 0.29) is 0 Å². The van der Waals surface area contributed by atoms with Crippen LogP contribution in [0.3, 0.4) is 0 Å². The minimum absolute atomic E-state index is 0.485. The molecule has 4 nitrogen and oxygen atoms in total. The van der Waals surface area contributed by atoms with Crippen LogP contribution in [0.4, 0.5) is 0 Å². The van der Waals surface area contributed by atoms with Gasteiger partial charge in [-0.3, -0.25) is 4.79 Å². The molecule has 2 aliphatic rings. The molecule has 0 spiro atoms. The molecule has 108 valence electrons. The van der Waals surface area contributed by atoms with Crippen molar-refractivity contribution in [3.63, 3.8) is 0 Å². The first kappa shape index (κ1) is 3.93. The summed E-state index contributed by atoms with van der Waals surface area (Å²) in [6, 6.07) is -3.28. The molecule has 20 heavy (non-hydrogen) atoms. The fraction of sp³-hybridized carbons (Fsp3) is 0.562. The summed E-state index contributed by atoms with van der Waals surface area (Å²) in [6.07, 6.45) is -21.6. The van der Waals surface area contributed by atoms with Crippen molar-refractivity contribution >= 4 is 5.91 Å². The normalized spacial score (nSPS) is 50.1. The van der Waals surface area contributed by atoms with Crippen molar-refractivity contribution in [2.24, 2.45) is 0 Å². The Labute approximate surface area is 143 Å². The second kappa shape index (κ2) is 5.73. The Balaban J connectivity index is 2.38. The summed E-state index contributed by atoms with van der Waals surface area (Å²) in [5.74, 6) is -5.36. The van der Waals surface area contributed by atoms with Gasteiger partial charge >= 0.3 is 0 Å². The van der Waals surface area contributed by atoms with Gasteiger partial charge in [-0.25, -0.2) is 0 Å². The largest absolute Gasteiger partial charge is 0.493 e. The molecule has 1 aromatic carbocycles. The van der Waals surface area contributed by atoms with E-state index < -0.39 is 98.5 Å². The number of benzene rings is 1. The third-order valence-corrected chi connectivity index (χ3v) is 2.61. The lowest BCUT2D eigenvalue weighted by Gasteiger charge is -2.18. The molecule has 1 aromatic rings. The maximum absolute atomic E-state index is 12.0. The van der Waals surface area contributed by atoms with Gasteiger partial charge in [0.2, 0.25) is 5.91 Å². The molecule has 4 heteroatoms. The second-order valence-electron chi connectivity index (χ2n) is 3.89. The van der Waals surface area contributed by atoms with E-state index in [1.165, 1.54) is 0 Å². The Bertz CT molecular complexity index is 1120. The summed E-state index contributed by atoms with van der Waals surface area (Å²) in [6.45, 7) is -0.485. The lowest BCUT2D eigenvalue weighted by atomic mass is 9.98. The SMILES string of the molecule is [2H]c1c([2H])c(C2CNC(=O)C2([2H])[2H])c([2H])c(OC2([2H])C([2H])([2H])C([2H])([2H])C([2H])([2H])C2([2H])[2H])c1OC([2H])([2H])[2H]. The first-order valence-electron chi connectivity index (χ1n) is 14.1. The van der Waals surface area contributed by atoms with Crippen LogP contribution in [0.25, 0.3) is 0 Å². The van der Waals surface area contributed by atoms with E-state index in [0.29, 0.717) is 0 Å². The summed E-state index contributed by atoms with van der Waals surface area (Å²) in [4.78, 5) is 12.0. The molecule has 3 rings (SSSR count). The molecule has 0 radical (unpaired) electrons. The van der Waals surface area contributed by atoms with Crippen LogP contribution in [0.15, 0.2) is 18.1 Å². The van der Waals surface area contributed by atoms with Gasteiger partial charge in [0.15, 0.2) is 11.5 Å². The van der Waals surface area contributed by atoms with E-state index in [9.17, 15) is 4.79 Å². The maximum Gasteiger partial charge on any atom is 0.220 e. The first-order valence-corrected chi connectivity index (χ1v) is 5.61. The van der Waals surface area contributed by atoms with Gasteiger partial charge in [-0.2, -0.15) is 0 Å². The Morgan fingerprint density at radius 1 is 1.45 bits per heavy atom. The van der Waals surface area contributed by atoms with Crippen LogP contribution in [0.1, 0.15) is 66.6 Å². The Hall–Kier alpha value is -1.71. The number of methoxy groups -OCH3 is 1. The predicted molar refractivity (Wildman–Crippen MR) is 76.2 cm³/mol. The van der Waals surface area contributed by atoms with Crippen molar-refractivity contribution in [2.75, 3.05) is 13.6 Å². The van der Waals surface area contributed by atoms with Crippen LogP contribution in [-0.4, -0.2) is 25.6 Å². The van der Waals surface area contributed by atoms with Crippen LogP contribution in [0.2, 0.25) is 0 Å². The second-order valence-corrected chi connectivity index (χ2v) is 3.89. The molecule has 1 N–H and O–H groups in total. The first-order chi connectivity index (χ1) is 16.3. The molecular weight excluding hydrogens is 254 g/mol. The summed E-state index contributed by atoms with van der Waals surface area (Å²) < 4.78 is 145. The molecule has 1 saturated heterocycles. The number of hydrogen-bond acceptors (Lipinski definition) is 3. The zero-order valence-electron chi connectivity index (χ0n) is 27.0. The van der Waals surface area contributed by atoms with Gasteiger partial charge in [0.05, 0.1) is 22.7 Å². The van der Waals surface area contributed by atoms with Crippen molar-refractivity contribution < 1.29 is 37.6 Å². The summed E-state index contributed by atoms with van der Waals surface area (Å²) in [5.41, 5.74) is -0.713. The minimum Gasteiger partial charge on any atom is -0.493 e. The van der Waals surface area contributed by atoms with Crippen LogP contribution in [0, 0.1) is 0 Å². The molecule has 1 atom stereocenters. The van der Waals surface area contributed by atoms with Gasteiger partial charge < -0.3 is 14.8 Å². The van der Waals surface area contributed by atoms with E-state index in [2.05, 4.69) is 10.1 Å². The number of hydrogen-bond donors (Lipinski definition) is 1. The Morgan fingerprint density at radius 3 is 3.00 bits per heavy atom. The van der Waals surface area contributed by atoms with E-state index >= 15 is 0 Å². The van der Waals surface area contributed by atoms with Crippen LogP contribution in [-0.2, 0) is 4.79 Å². The van der Waals surface area contributed by atoms with Crippen molar-refractivity contribution in [3.8, 4) is 11.5 Å². The summed E-state index contributed by atoms with van der Waals surface area (Å²) in [5, 5.41) is 2.17.